The highest BCUT2D eigenvalue weighted by Crippen LogP contribution is 2.34. The van der Waals surface area contributed by atoms with Crippen molar-refractivity contribution < 1.29 is 14.2 Å². The molecule has 2 rings (SSSR count). The van der Waals surface area contributed by atoms with Gasteiger partial charge >= 0.3 is 0 Å². The second-order valence-electron chi connectivity index (χ2n) is 6.07. The summed E-state index contributed by atoms with van der Waals surface area (Å²) in [6, 6.07) is 5.97. The van der Waals surface area contributed by atoms with Gasteiger partial charge in [-0.05, 0) is 58.2 Å². The third-order valence-electron chi connectivity index (χ3n) is 3.74. The van der Waals surface area contributed by atoms with Gasteiger partial charge in [0.15, 0.2) is 11.5 Å². The van der Waals surface area contributed by atoms with E-state index in [1.807, 2.05) is 25.1 Å². The van der Waals surface area contributed by atoms with Gasteiger partial charge in [-0.15, -0.1) is 0 Å². The topological polar surface area (TPSA) is 53.7 Å². The van der Waals surface area contributed by atoms with Crippen LogP contribution in [0.2, 0.25) is 0 Å². The van der Waals surface area contributed by atoms with Crippen LogP contribution in [0.15, 0.2) is 18.2 Å². The summed E-state index contributed by atoms with van der Waals surface area (Å²) in [7, 11) is 0. The van der Waals surface area contributed by atoms with E-state index >= 15 is 0 Å². The van der Waals surface area contributed by atoms with Crippen LogP contribution >= 0.6 is 0 Å². The van der Waals surface area contributed by atoms with Crippen molar-refractivity contribution in [3.8, 4) is 11.5 Å². The van der Waals surface area contributed by atoms with Gasteiger partial charge in [0.25, 0.3) is 0 Å². The van der Waals surface area contributed by atoms with E-state index in [4.69, 9.17) is 19.9 Å². The number of nitrogens with two attached hydrogens (primary N) is 1. The van der Waals surface area contributed by atoms with E-state index in [1.54, 1.807) is 0 Å². The maximum Gasteiger partial charge on any atom is 0.164 e. The molecule has 0 amide bonds. The Balaban J connectivity index is 2.06. The molecule has 4 nitrogen and oxygen atoms in total. The van der Waals surface area contributed by atoms with Crippen LogP contribution in [-0.4, -0.2) is 31.5 Å². The molecule has 1 aliphatic rings. The Labute approximate surface area is 127 Å². The summed E-state index contributed by atoms with van der Waals surface area (Å²) < 4.78 is 17.7. The summed E-state index contributed by atoms with van der Waals surface area (Å²) in [6.45, 7) is 8.00. The van der Waals surface area contributed by atoms with Crippen molar-refractivity contribution in [3.05, 3.63) is 23.8 Å². The highest BCUT2D eigenvalue weighted by atomic mass is 16.6. The quantitative estimate of drug-likeness (QED) is 0.840. The van der Waals surface area contributed by atoms with Gasteiger partial charge in [0.05, 0.1) is 18.3 Å². The largest absolute Gasteiger partial charge is 0.490 e. The summed E-state index contributed by atoms with van der Waals surface area (Å²) in [6.07, 6.45) is 3.05. The predicted octanol–water partition coefficient (Wildman–Crippen LogP) is 2.92. The molecule has 0 bridgehead atoms. The maximum absolute atomic E-state index is 6.05. The van der Waals surface area contributed by atoms with E-state index in [2.05, 4.69) is 13.8 Å². The lowest BCUT2D eigenvalue weighted by Crippen LogP contribution is -2.24. The minimum absolute atomic E-state index is 0.0342. The van der Waals surface area contributed by atoms with Gasteiger partial charge in [-0.1, -0.05) is 12.1 Å². The molecule has 118 valence electrons. The molecule has 0 aromatic heterocycles. The third-order valence-corrected chi connectivity index (χ3v) is 3.74. The zero-order chi connectivity index (χ0) is 15.3. The molecule has 21 heavy (non-hydrogen) atoms. The molecular weight excluding hydrogens is 266 g/mol. The number of benzene rings is 1. The lowest BCUT2D eigenvalue weighted by atomic mass is 10.1. The fourth-order valence-corrected chi connectivity index (χ4v) is 2.72. The number of hydrogen-bond acceptors (Lipinski definition) is 4. The van der Waals surface area contributed by atoms with Crippen LogP contribution in [0, 0.1) is 0 Å². The first-order valence-electron chi connectivity index (χ1n) is 7.81. The van der Waals surface area contributed by atoms with E-state index in [-0.39, 0.29) is 11.7 Å². The smallest absolute Gasteiger partial charge is 0.164 e. The summed E-state index contributed by atoms with van der Waals surface area (Å²) in [5.41, 5.74) is 6.75. The predicted molar refractivity (Wildman–Crippen MR) is 84.1 cm³/mol. The van der Waals surface area contributed by atoms with E-state index in [0.29, 0.717) is 19.8 Å². The summed E-state index contributed by atoms with van der Waals surface area (Å²) >= 11 is 0. The third kappa shape index (κ3) is 4.35. The van der Waals surface area contributed by atoms with Crippen molar-refractivity contribution in [3.63, 3.8) is 0 Å². The van der Waals surface area contributed by atoms with E-state index < -0.39 is 0 Å². The molecule has 0 spiro atoms. The second kappa shape index (κ2) is 7.14. The molecule has 1 aromatic carbocycles. The molecule has 1 saturated heterocycles. The molecule has 1 heterocycles. The van der Waals surface area contributed by atoms with E-state index in [0.717, 1.165) is 36.3 Å². The fraction of sp³-hybridized carbons (Fsp3) is 0.647. The molecule has 0 aliphatic carbocycles. The normalized spacial score (nSPS) is 20.5. The van der Waals surface area contributed by atoms with Gasteiger partial charge in [0.1, 0.15) is 6.61 Å². The molecular formula is C17H27NO3. The molecule has 0 radical (unpaired) electrons. The minimum atomic E-state index is -0.0342. The fourth-order valence-electron chi connectivity index (χ4n) is 2.72. The monoisotopic (exact) mass is 293 g/mol. The average Bonchev–Trinajstić information content (AvgIpc) is 2.78. The Morgan fingerprint density at radius 2 is 2.14 bits per heavy atom. The molecule has 2 N–H and O–H groups in total. The van der Waals surface area contributed by atoms with Gasteiger partial charge < -0.3 is 19.9 Å². The first-order valence-corrected chi connectivity index (χ1v) is 7.81. The second-order valence-corrected chi connectivity index (χ2v) is 6.07. The van der Waals surface area contributed by atoms with Crippen LogP contribution in [0.1, 0.15) is 39.2 Å². The van der Waals surface area contributed by atoms with Gasteiger partial charge in [-0.3, -0.25) is 0 Å². The van der Waals surface area contributed by atoms with Crippen LogP contribution < -0.4 is 15.2 Å². The lowest BCUT2D eigenvalue weighted by molar-refractivity contribution is -0.0330. The van der Waals surface area contributed by atoms with Crippen molar-refractivity contribution in [2.45, 2.75) is 51.7 Å². The van der Waals surface area contributed by atoms with Gasteiger partial charge in [-0.2, -0.15) is 0 Å². The number of ether oxygens (including phenoxy) is 3. The lowest BCUT2D eigenvalue weighted by Gasteiger charge is -2.21. The molecule has 1 atom stereocenters. The Kier molecular flexibility index (Phi) is 5.48. The SMILES string of the molecule is CCOc1cccc(CCN)c1OCC1CCC(C)(C)O1. The highest BCUT2D eigenvalue weighted by Gasteiger charge is 2.32. The van der Waals surface area contributed by atoms with Gasteiger partial charge in [0, 0.05) is 0 Å². The zero-order valence-electron chi connectivity index (χ0n) is 13.4. The number of rotatable bonds is 7. The Hall–Kier alpha value is -1.26. The zero-order valence-corrected chi connectivity index (χ0v) is 13.4. The first kappa shape index (κ1) is 16.1. The van der Waals surface area contributed by atoms with Crippen molar-refractivity contribution in [1.29, 1.82) is 0 Å². The van der Waals surface area contributed by atoms with Crippen LogP contribution in [0.25, 0.3) is 0 Å². The maximum atomic E-state index is 6.05. The van der Waals surface area contributed by atoms with Crippen LogP contribution in [0.4, 0.5) is 0 Å². The number of hydrogen-bond donors (Lipinski definition) is 1. The van der Waals surface area contributed by atoms with Crippen molar-refractivity contribution in [2.24, 2.45) is 5.73 Å². The number of para-hydroxylation sites is 1. The molecule has 1 aromatic rings. The summed E-state index contributed by atoms with van der Waals surface area (Å²) in [5, 5.41) is 0. The Morgan fingerprint density at radius 1 is 1.33 bits per heavy atom. The molecule has 0 saturated carbocycles. The first-order chi connectivity index (χ1) is 10.1. The van der Waals surface area contributed by atoms with Crippen LogP contribution in [-0.2, 0) is 11.2 Å². The summed E-state index contributed by atoms with van der Waals surface area (Å²) in [5.74, 6) is 1.61. The Morgan fingerprint density at radius 3 is 2.76 bits per heavy atom. The van der Waals surface area contributed by atoms with E-state index in [1.165, 1.54) is 0 Å². The van der Waals surface area contributed by atoms with Crippen molar-refractivity contribution >= 4 is 0 Å². The standard InChI is InChI=1S/C17H27NO3/c1-4-19-15-7-5-6-13(9-11-18)16(15)20-12-14-8-10-17(2,3)21-14/h5-7,14H,4,8-12,18H2,1-3H3. The van der Waals surface area contributed by atoms with Crippen LogP contribution in [0.5, 0.6) is 11.5 Å². The average molecular weight is 293 g/mol. The van der Waals surface area contributed by atoms with Crippen molar-refractivity contribution in [1.82, 2.24) is 0 Å². The highest BCUT2D eigenvalue weighted by molar-refractivity contribution is 5.46. The van der Waals surface area contributed by atoms with Crippen molar-refractivity contribution in [2.75, 3.05) is 19.8 Å². The van der Waals surface area contributed by atoms with Crippen LogP contribution in [0.3, 0.4) is 0 Å². The minimum Gasteiger partial charge on any atom is -0.490 e. The van der Waals surface area contributed by atoms with Gasteiger partial charge in [0.2, 0.25) is 0 Å². The summed E-state index contributed by atoms with van der Waals surface area (Å²) in [4.78, 5) is 0. The van der Waals surface area contributed by atoms with Gasteiger partial charge in [-0.25, -0.2) is 0 Å². The van der Waals surface area contributed by atoms with E-state index in [9.17, 15) is 0 Å². The molecule has 1 fully saturated rings. The molecule has 1 unspecified atom stereocenters. The molecule has 1 aliphatic heterocycles. The molecule has 4 heteroatoms. The Bertz CT molecular complexity index is 435.